The summed E-state index contributed by atoms with van der Waals surface area (Å²) in [6.07, 6.45) is 2.24. The molecule has 0 bridgehead atoms. The maximum atomic E-state index is 11.9. The van der Waals surface area contributed by atoms with Gasteiger partial charge in [-0.15, -0.1) is 0 Å². The van der Waals surface area contributed by atoms with Gasteiger partial charge in [0.05, 0.1) is 30.0 Å². The van der Waals surface area contributed by atoms with Crippen molar-refractivity contribution in [2.75, 3.05) is 13.2 Å². The molecular formula is C18H23BO5. The molecule has 2 aliphatic heterocycles. The lowest BCUT2D eigenvalue weighted by Gasteiger charge is -2.32. The Balaban J connectivity index is 1.88. The van der Waals surface area contributed by atoms with Gasteiger partial charge in [-0.05, 0) is 50.9 Å². The molecule has 1 aromatic rings. The molecule has 128 valence electrons. The summed E-state index contributed by atoms with van der Waals surface area (Å²) in [6.45, 7) is 8.12. The van der Waals surface area contributed by atoms with Crippen LogP contribution in [0.2, 0.25) is 0 Å². The number of fused-ring (bicyclic) bond motifs is 1. The van der Waals surface area contributed by atoms with E-state index in [2.05, 4.69) is 0 Å². The molecule has 5 nitrogen and oxygen atoms in total. The number of ether oxygens (including phenoxy) is 1. The van der Waals surface area contributed by atoms with Crippen LogP contribution in [0.1, 0.15) is 50.0 Å². The first-order valence-corrected chi connectivity index (χ1v) is 8.20. The lowest BCUT2D eigenvalue weighted by molar-refractivity contribution is 0.00578. The Morgan fingerprint density at radius 3 is 2.54 bits per heavy atom. The molecule has 0 aromatic heterocycles. The number of carbonyl (C=O) groups excluding carboxylic acids is 1. The zero-order valence-electron chi connectivity index (χ0n) is 14.6. The highest BCUT2D eigenvalue weighted by Crippen LogP contribution is 2.39. The van der Waals surface area contributed by atoms with E-state index < -0.39 is 18.3 Å². The van der Waals surface area contributed by atoms with Gasteiger partial charge in [-0.1, -0.05) is 12.1 Å². The average Bonchev–Trinajstić information content (AvgIpc) is 2.73. The van der Waals surface area contributed by atoms with Crippen molar-refractivity contribution in [3.63, 3.8) is 0 Å². The standard InChI is InChI=1S/C18H23BO5/c1-17(2)18(3,4)24-19(23-17)13(11-20)9-12-5-6-14-15(21)7-8-22-16(14)10-12/h5-6,9-10,20H,7-8,11H2,1-4H3. The first-order chi connectivity index (χ1) is 11.2. The van der Waals surface area contributed by atoms with Crippen molar-refractivity contribution < 1.29 is 23.9 Å². The van der Waals surface area contributed by atoms with Crippen molar-refractivity contribution in [3.05, 3.63) is 34.8 Å². The van der Waals surface area contributed by atoms with Gasteiger partial charge < -0.3 is 19.2 Å². The smallest absolute Gasteiger partial charge is 0.492 e. The summed E-state index contributed by atoms with van der Waals surface area (Å²) >= 11 is 0. The summed E-state index contributed by atoms with van der Waals surface area (Å²) < 4.78 is 17.5. The summed E-state index contributed by atoms with van der Waals surface area (Å²) in [5.74, 6) is 0.686. The van der Waals surface area contributed by atoms with E-state index in [4.69, 9.17) is 14.0 Å². The number of hydrogen-bond donors (Lipinski definition) is 1. The van der Waals surface area contributed by atoms with Gasteiger partial charge >= 0.3 is 7.12 Å². The normalized spacial score (nSPS) is 22.3. The highest BCUT2D eigenvalue weighted by molar-refractivity contribution is 6.55. The van der Waals surface area contributed by atoms with E-state index in [1.807, 2.05) is 45.9 Å². The SMILES string of the molecule is CC1(C)OB(C(=Cc2ccc3c(c2)OCCC3=O)CO)OC1(C)C. The molecule has 0 radical (unpaired) electrons. The minimum atomic E-state index is -0.599. The molecule has 0 atom stereocenters. The fraction of sp³-hybridized carbons (Fsp3) is 0.500. The van der Waals surface area contributed by atoms with Gasteiger partial charge in [0.1, 0.15) is 5.75 Å². The lowest BCUT2D eigenvalue weighted by atomic mass is 9.77. The van der Waals surface area contributed by atoms with Crippen LogP contribution in [0.5, 0.6) is 5.75 Å². The van der Waals surface area contributed by atoms with E-state index >= 15 is 0 Å². The predicted octanol–water partition coefficient (Wildman–Crippen LogP) is 2.66. The van der Waals surface area contributed by atoms with Gasteiger partial charge in [-0.2, -0.15) is 0 Å². The average molecular weight is 330 g/mol. The molecule has 0 aliphatic carbocycles. The fourth-order valence-corrected chi connectivity index (χ4v) is 2.76. The molecule has 0 amide bonds. The van der Waals surface area contributed by atoms with Gasteiger partial charge in [0.2, 0.25) is 0 Å². The summed E-state index contributed by atoms with van der Waals surface area (Å²) in [5.41, 5.74) is 1.16. The molecule has 2 heterocycles. The molecular weight excluding hydrogens is 307 g/mol. The Hall–Kier alpha value is -1.63. The van der Waals surface area contributed by atoms with E-state index in [-0.39, 0.29) is 12.4 Å². The first kappa shape index (κ1) is 17.2. The summed E-state index contributed by atoms with van der Waals surface area (Å²) in [4.78, 5) is 11.9. The molecule has 1 saturated heterocycles. The third kappa shape index (κ3) is 3.01. The maximum Gasteiger partial charge on any atom is 0.492 e. The Morgan fingerprint density at radius 1 is 1.25 bits per heavy atom. The van der Waals surface area contributed by atoms with Crippen LogP contribution in [0.3, 0.4) is 0 Å². The quantitative estimate of drug-likeness (QED) is 0.863. The van der Waals surface area contributed by atoms with Crippen LogP contribution >= 0.6 is 0 Å². The van der Waals surface area contributed by atoms with Crippen LogP contribution in [0.25, 0.3) is 6.08 Å². The van der Waals surface area contributed by atoms with Gasteiger partial charge in [0.15, 0.2) is 5.78 Å². The first-order valence-electron chi connectivity index (χ1n) is 8.20. The van der Waals surface area contributed by atoms with Crippen LogP contribution in [-0.4, -0.2) is 42.4 Å². The third-order valence-corrected chi connectivity index (χ3v) is 4.98. The van der Waals surface area contributed by atoms with Crippen LogP contribution < -0.4 is 4.74 Å². The van der Waals surface area contributed by atoms with Gasteiger partial charge in [0.25, 0.3) is 0 Å². The molecule has 3 rings (SSSR count). The Bertz CT molecular complexity index is 677. The number of rotatable bonds is 3. The zero-order valence-corrected chi connectivity index (χ0v) is 14.6. The van der Waals surface area contributed by atoms with Crippen molar-refractivity contribution in [3.8, 4) is 5.75 Å². The second kappa shape index (κ2) is 6.03. The molecule has 24 heavy (non-hydrogen) atoms. The number of carbonyl (C=O) groups is 1. The van der Waals surface area contributed by atoms with E-state index in [0.717, 1.165) is 5.56 Å². The number of aliphatic hydroxyl groups excluding tert-OH is 1. The second-order valence-corrected chi connectivity index (χ2v) is 7.24. The molecule has 2 aliphatic rings. The number of aliphatic hydroxyl groups is 1. The monoisotopic (exact) mass is 330 g/mol. The topological polar surface area (TPSA) is 65.0 Å². The van der Waals surface area contributed by atoms with Crippen molar-refractivity contribution in [1.29, 1.82) is 0 Å². The minimum Gasteiger partial charge on any atom is -0.492 e. The van der Waals surface area contributed by atoms with Crippen molar-refractivity contribution in [2.24, 2.45) is 0 Å². The number of ketones is 1. The van der Waals surface area contributed by atoms with Crippen molar-refractivity contribution in [2.45, 2.75) is 45.3 Å². The predicted molar refractivity (Wildman–Crippen MR) is 92.0 cm³/mol. The Kier molecular flexibility index (Phi) is 4.32. The molecule has 1 aromatic carbocycles. The summed E-state index contributed by atoms with van der Waals surface area (Å²) in [6, 6.07) is 5.42. The lowest BCUT2D eigenvalue weighted by Crippen LogP contribution is -2.41. The van der Waals surface area contributed by atoms with Crippen molar-refractivity contribution in [1.82, 2.24) is 0 Å². The van der Waals surface area contributed by atoms with E-state index in [0.29, 0.717) is 29.8 Å². The van der Waals surface area contributed by atoms with E-state index in [1.165, 1.54) is 0 Å². The third-order valence-electron chi connectivity index (χ3n) is 4.98. The van der Waals surface area contributed by atoms with Crippen molar-refractivity contribution >= 4 is 19.0 Å². The summed E-state index contributed by atoms with van der Waals surface area (Å²) in [5, 5.41) is 9.76. The van der Waals surface area contributed by atoms with E-state index in [9.17, 15) is 9.90 Å². The van der Waals surface area contributed by atoms with E-state index in [1.54, 1.807) is 6.07 Å². The van der Waals surface area contributed by atoms with Gasteiger partial charge in [-0.3, -0.25) is 4.79 Å². The van der Waals surface area contributed by atoms with Gasteiger partial charge in [-0.25, -0.2) is 0 Å². The van der Waals surface area contributed by atoms with Crippen LogP contribution in [0, 0.1) is 0 Å². The number of hydrogen-bond acceptors (Lipinski definition) is 5. The highest BCUT2D eigenvalue weighted by Gasteiger charge is 2.52. The largest absolute Gasteiger partial charge is 0.492 e. The Labute approximate surface area is 142 Å². The van der Waals surface area contributed by atoms with Gasteiger partial charge in [0, 0.05) is 6.42 Å². The molecule has 0 unspecified atom stereocenters. The van der Waals surface area contributed by atoms with Crippen LogP contribution in [0.4, 0.5) is 0 Å². The zero-order chi connectivity index (χ0) is 17.5. The molecule has 1 N–H and O–H groups in total. The molecule has 1 fully saturated rings. The molecule has 6 heteroatoms. The minimum absolute atomic E-state index is 0.0973. The number of Topliss-reactive ketones (excluding diaryl/α,β-unsaturated/α-hetero) is 1. The maximum absolute atomic E-state index is 11.9. The second-order valence-electron chi connectivity index (χ2n) is 7.24. The molecule has 0 saturated carbocycles. The fourth-order valence-electron chi connectivity index (χ4n) is 2.76. The summed E-state index contributed by atoms with van der Waals surface area (Å²) in [7, 11) is -0.599. The Morgan fingerprint density at radius 2 is 1.92 bits per heavy atom. The highest BCUT2D eigenvalue weighted by atomic mass is 16.7. The number of benzene rings is 1. The molecule has 0 spiro atoms. The van der Waals surface area contributed by atoms with Crippen LogP contribution in [-0.2, 0) is 9.31 Å². The van der Waals surface area contributed by atoms with Crippen LogP contribution in [0.15, 0.2) is 23.7 Å².